The summed E-state index contributed by atoms with van der Waals surface area (Å²) in [6.07, 6.45) is 19.2. The second kappa shape index (κ2) is 12.7. The van der Waals surface area contributed by atoms with Crippen molar-refractivity contribution in [3.63, 3.8) is 0 Å². The van der Waals surface area contributed by atoms with E-state index in [-0.39, 0.29) is 10.6 Å². The van der Waals surface area contributed by atoms with Gasteiger partial charge in [0.05, 0.1) is 5.60 Å². The predicted molar refractivity (Wildman–Crippen MR) is 181 cm³/mol. The fourth-order valence-electron chi connectivity index (χ4n) is 8.22. The molecule has 5 atom stereocenters. The monoisotopic (exact) mass is 586 g/mol. The normalized spacial score (nSPS) is 31.6. The van der Waals surface area contributed by atoms with Gasteiger partial charge in [-0.15, -0.1) is 0 Å². The Morgan fingerprint density at radius 3 is 2.30 bits per heavy atom. The van der Waals surface area contributed by atoms with Crippen LogP contribution >= 0.6 is 0 Å². The van der Waals surface area contributed by atoms with E-state index in [0.29, 0.717) is 11.5 Å². The molecule has 40 heavy (non-hydrogen) atoms. The molecule has 2 nitrogen and oxygen atoms in total. The average molecular weight is 587 g/mol. The third kappa shape index (κ3) is 8.57. The van der Waals surface area contributed by atoms with Gasteiger partial charge < -0.3 is 8.85 Å². The van der Waals surface area contributed by atoms with E-state index < -0.39 is 16.6 Å². The number of allylic oxidation sites excluding steroid dienone is 4. The van der Waals surface area contributed by atoms with Crippen LogP contribution in [0.4, 0.5) is 0 Å². The largest absolute Gasteiger partial charge is 0.414 e. The van der Waals surface area contributed by atoms with Gasteiger partial charge in [-0.1, -0.05) is 77.3 Å². The highest BCUT2D eigenvalue weighted by Gasteiger charge is 2.50. The van der Waals surface area contributed by atoms with E-state index in [1.54, 1.807) is 5.57 Å². The second-order valence-corrected chi connectivity index (χ2v) is 26.4. The van der Waals surface area contributed by atoms with Gasteiger partial charge in [0.25, 0.3) is 0 Å². The minimum Gasteiger partial charge on any atom is -0.414 e. The van der Waals surface area contributed by atoms with Crippen molar-refractivity contribution in [2.75, 3.05) is 0 Å². The molecule has 3 aliphatic rings. The molecule has 0 radical (unpaired) electrons. The molecule has 4 heteroatoms. The second-order valence-electron chi connectivity index (χ2n) is 17.2. The molecule has 0 aromatic rings. The minimum atomic E-state index is -1.75. The molecule has 0 spiro atoms. The van der Waals surface area contributed by atoms with Crippen molar-refractivity contribution >= 4 is 16.6 Å². The number of hydrogen-bond acceptors (Lipinski definition) is 2. The molecule has 3 aliphatic carbocycles. The lowest BCUT2D eigenvalue weighted by atomic mass is 9.60. The van der Waals surface area contributed by atoms with Crippen LogP contribution in [0.3, 0.4) is 0 Å². The van der Waals surface area contributed by atoms with E-state index in [1.165, 1.54) is 62.5 Å². The van der Waals surface area contributed by atoms with Crippen LogP contribution in [0.2, 0.25) is 37.8 Å². The molecule has 3 saturated carbocycles. The van der Waals surface area contributed by atoms with Crippen LogP contribution in [0.1, 0.15) is 119 Å². The van der Waals surface area contributed by atoms with Crippen molar-refractivity contribution in [3.8, 4) is 0 Å². The van der Waals surface area contributed by atoms with E-state index in [1.807, 2.05) is 0 Å². The van der Waals surface area contributed by atoms with Crippen LogP contribution in [0, 0.1) is 23.2 Å². The third-order valence-electron chi connectivity index (χ3n) is 11.2. The van der Waals surface area contributed by atoms with E-state index in [0.717, 1.165) is 37.0 Å². The fourth-order valence-corrected chi connectivity index (χ4v) is 11.4. The molecule has 0 amide bonds. The number of fused-ring (bicyclic) bond motifs is 1. The first kappa shape index (κ1) is 34.1. The van der Waals surface area contributed by atoms with E-state index >= 15 is 0 Å². The summed E-state index contributed by atoms with van der Waals surface area (Å²) < 4.78 is 13.3. The number of hydrogen-bond donors (Lipinski definition) is 0. The standard InChI is InChI=1S/C36H66O2Si2/c1-27-18-21-31(37-40(12,13)34(3,4)5)26-30(27)20-19-29-17-15-25-36(8)32(22-23-33(29)36)28(2)16-14-24-35(6,7)38-39(9,10)11/h19-20,28,31-33H,1,14-18,21-26H2,2-13H3/b29-19+,30-20-/t28-,31-,32+,33-,36+/m0/s1. The highest BCUT2D eigenvalue weighted by Crippen LogP contribution is 2.60. The van der Waals surface area contributed by atoms with Gasteiger partial charge in [-0.2, -0.15) is 0 Å². The maximum atomic E-state index is 6.85. The highest BCUT2D eigenvalue weighted by molar-refractivity contribution is 6.74. The maximum absolute atomic E-state index is 6.85. The molecular formula is C36H66O2Si2. The Hall–Kier alpha value is -0.426. The van der Waals surface area contributed by atoms with Crippen molar-refractivity contribution < 1.29 is 8.85 Å². The van der Waals surface area contributed by atoms with Crippen molar-refractivity contribution in [1.82, 2.24) is 0 Å². The Balaban J connectivity index is 1.65. The van der Waals surface area contributed by atoms with Crippen LogP contribution in [0.5, 0.6) is 0 Å². The summed E-state index contributed by atoms with van der Waals surface area (Å²) in [5.74, 6) is 2.40. The lowest BCUT2D eigenvalue weighted by Crippen LogP contribution is -2.44. The zero-order valence-corrected chi connectivity index (χ0v) is 30.8. The van der Waals surface area contributed by atoms with Crippen LogP contribution in [-0.2, 0) is 8.85 Å². The molecule has 3 rings (SSSR count). The Labute approximate surface area is 252 Å². The summed E-state index contributed by atoms with van der Waals surface area (Å²) in [5, 5.41) is 0.258. The van der Waals surface area contributed by atoms with Crippen LogP contribution in [0.15, 0.2) is 35.5 Å². The van der Waals surface area contributed by atoms with Crippen LogP contribution in [0.25, 0.3) is 0 Å². The summed E-state index contributed by atoms with van der Waals surface area (Å²) in [6.45, 7) is 33.0. The van der Waals surface area contributed by atoms with E-state index in [9.17, 15) is 0 Å². The first-order valence-electron chi connectivity index (χ1n) is 16.7. The Kier molecular flexibility index (Phi) is 10.8. The summed E-state index contributed by atoms with van der Waals surface area (Å²) >= 11 is 0. The van der Waals surface area contributed by atoms with Crippen LogP contribution in [-0.4, -0.2) is 28.3 Å². The van der Waals surface area contributed by atoms with E-state index in [4.69, 9.17) is 8.85 Å². The maximum Gasteiger partial charge on any atom is 0.192 e. The molecule has 0 heterocycles. The van der Waals surface area contributed by atoms with Gasteiger partial charge in [0.15, 0.2) is 16.6 Å². The lowest BCUT2D eigenvalue weighted by Gasteiger charge is -2.44. The van der Waals surface area contributed by atoms with Gasteiger partial charge in [0, 0.05) is 6.10 Å². The van der Waals surface area contributed by atoms with E-state index in [2.05, 4.69) is 99.9 Å². The molecular weight excluding hydrogens is 521 g/mol. The molecule has 0 aromatic carbocycles. The molecule has 3 fully saturated rings. The van der Waals surface area contributed by atoms with Gasteiger partial charge in [0.2, 0.25) is 0 Å². The van der Waals surface area contributed by atoms with Crippen LogP contribution < -0.4 is 0 Å². The first-order valence-corrected chi connectivity index (χ1v) is 23.0. The van der Waals surface area contributed by atoms with Gasteiger partial charge in [0.1, 0.15) is 0 Å². The van der Waals surface area contributed by atoms with Gasteiger partial charge in [-0.05, 0) is 138 Å². The Morgan fingerprint density at radius 2 is 1.68 bits per heavy atom. The van der Waals surface area contributed by atoms with Crippen molar-refractivity contribution in [1.29, 1.82) is 0 Å². The van der Waals surface area contributed by atoms with Gasteiger partial charge in [-0.25, -0.2) is 0 Å². The molecule has 0 N–H and O–H groups in total. The molecule has 0 unspecified atom stereocenters. The van der Waals surface area contributed by atoms with Gasteiger partial charge >= 0.3 is 0 Å². The third-order valence-corrected chi connectivity index (χ3v) is 16.9. The Bertz CT molecular complexity index is 945. The quantitative estimate of drug-likeness (QED) is 0.237. The van der Waals surface area contributed by atoms with Gasteiger partial charge in [-0.3, -0.25) is 0 Å². The van der Waals surface area contributed by atoms with Crippen molar-refractivity contribution in [3.05, 3.63) is 35.5 Å². The predicted octanol–water partition coefficient (Wildman–Crippen LogP) is 11.6. The highest BCUT2D eigenvalue weighted by atomic mass is 28.4. The zero-order valence-electron chi connectivity index (χ0n) is 28.8. The lowest BCUT2D eigenvalue weighted by molar-refractivity contribution is 0.0735. The van der Waals surface area contributed by atoms with Crippen molar-refractivity contribution in [2.45, 2.75) is 169 Å². The SMILES string of the molecule is C=C1CC[C@H](O[Si](C)(C)C(C)(C)C)C/C1=C/C=C1\CCC[C@]2(C)[C@@H]([C@@H](C)CCCC(C)(C)O[Si](C)(C)C)CC[C@@H]12. The summed E-state index contributed by atoms with van der Waals surface area (Å²) in [4.78, 5) is 0. The summed E-state index contributed by atoms with van der Waals surface area (Å²) in [7, 11) is -3.26. The van der Waals surface area contributed by atoms with Crippen molar-refractivity contribution in [2.24, 2.45) is 23.2 Å². The summed E-state index contributed by atoms with van der Waals surface area (Å²) in [5.41, 5.74) is 4.98. The molecule has 230 valence electrons. The molecule has 0 bridgehead atoms. The smallest absolute Gasteiger partial charge is 0.192 e. The topological polar surface area (TPSA) is 18.5 Å². The first-order chi connectivity index (χ1) is 18.2. The average Bonchev–Trinajstić information content (AvgIpc) is 3.14. The fraction of sp³-hybridized carbons (Fsp3) is 0.833. The Morgan fingerprint density at radius 1 is 1.00 bits per heavy atom. The number of rotatable bonds is 10. The summed E-state index contributed by atoms with van der Waals surface area (Å²) in [6, 6.07) is 0. The molecule has 0 saturated heterocycles. The molecule has 0 aliphatic heterocycles. The molecule has 0 aromatic heterocycles. The minimum absolute atomic E-state index is 0.0123. The zero-order chi connectivity index (χ0) is 30.1.